The van der Waals surface area contributed by atoms with Crippen molar-refractivity contribution in [1.29, 1.82) is 0 Å². The van der Waals surface area contributed by atoms with E-state index >= 15 is 0 Å². The first-order valence-electron chi connectivity index (χ1n) is 4.64. The predicted octanol–water partition coefficient (Wildman–Crippen LogP) is 1.35. The van der Waals surface area contributed by atoms with Crippen LogP contribution in [0.15, 0.2) is 18.2 Å². The summed E-state index contributed by atoms with van der Waals surface area (Å²) in [6.07, 6.45) is 0. The van der Waals surface area contributed by atoms with Crippen LogP contribution < -0.4 is 10.1 Å². The molecule has 82 valence electrons. The molecule has 0 bridgehead atoms. The Morgan fingerprint density at radius 2 is 2.20 bits per heavy atom. The van der Waals surface area contributed by atoms with Crippen molar-refractivity contribution in [3.63, 3.8) is 0 Å². The lowest BCUT2D eigenvalue weighted by molar-refractivity contribution is -0.139. The van der Waals surface area contributed by atoms with Crippen LogP contribution in [-0.2, 0) is 4.79 Å². The van der Waals surface area contributed by atoms with Crippen LogP contribution in [0.2, 0.25) is 0 Å². The first kappa shape index (κ1) is 11.5. The molecule has 2 N–H and O–H groups in total. The summed E-state index contributed by atoms with van der Waals surface area (Å²) >= 11 is 0. The van der Waals surface area contributed by atoms with Crippen LogP contribution in [-0.4, -0.2) is 25.2 Å². The lowest BCUT2D eigenvalue weighted by Gasteiger charge is -2.13. The van der Waals surface area contributed by atoms with E-state index < -0.39 is 12.0 Å². The smallest absolute Gasteiger partial charge is 0.325 e. The molecule has 0 aliphatic rings. The predicted molar refractivity (Wildman–Crippen MR) is 57.2 cm³/mol. The summed E-state index contributed by atoms with van der Waals surface area (Å²) in [5.41, 5.74) is 1.65. The van der Waals surface area contributed by atoms with Gasteiger partial charge in [-0.2, -0.15) is 0 Å². The number of carboxylic acids is 1. The van der Waals surface area contributed by atoms with Gasteiger partial charge in [-0.3, -0.25) is 4.79 Å². The highest BCUT2D eigenvalue weighted by atomic mass is 16.5. The summed E-state index contributed by atoms with van der Waals surface area (Å²) in [4.78, 5) is 10.9. The Balaban J connectivity index is 3.05. The molecule has 0 amide bonds. The summed E-state index contributed by atoms with van der Waals surface area (Å²) < 4.78 is 5.11. The minimum Gasteiger partial charge on any atom is -0.496 e. The first-order chi connectivity index (χ1) is 7.10. The average Bonchev–Trinajstić information content (AvgIpc) is 2.18. The number of likely N-dealkylation sites (N-methyl/N-ethyl adjacent to an activating group) is 1. The highest BCUT2D eigenvalue weighted by Gasteiger charge is 2.17. The van der Waals surface area contributed by atoms with Gasteiger partial charge in [-0.15, -0.1) is 0 Å². The number of methoxy groups -OCH3 is 1. The molecule has 0 radical (unpaired) electrons. The summed E-state index contributed by atoms with van der Waals surface area (Å²) in [6, 6.07) is 4.67. The van der Waals surface area contributed by atoms with Crippen molar-refractivity contribution in [1.82, 2.24) is 5.32 Å². The van der Waals surface area contributed by atoms with Crippen molar-refractivity contribution in [3.05, 3.63) is 29.3 Å². The number of hydrogen-bond acceptors (Lipinski definition) is 3. The third-order valence-electron chi connectivity index (χ3n) is 2.29. The van der Waals surface area contributed by atoms with Gasteiger partial charge in [0.2, 0.25) is 0 Å². The summed E-state index contributed by atoms with van der Waals surface area (Å²) in [6.45, 7) is 1.89. The molecule has 1 atom stereocenters. The third kappa shape index (κ3) is 2.47. The van der Waals surface area contributed by atoms with E-state index in [0.717, 1.165) is 16.9 Å². The molecule has 4 nitrogen and oxygen atoms in total. The van der Waals surface area contributed by atoms with Gasteiger partial charge in [0, 0.05) is 0 Å². The monoisotopic (exact) mass is 209 g/mol. The normalized spacial score (nSPS) is 12.2. The number of carboxylic acid groups (broad SMARTS) is 1. The van der Waals surface area contributed by atoms with Crippen LogP contribution in [0.25, 0.3) is 0 Å². The SMILES string of the molecule is CNC(C(=O)O)c1ccc(OC)c(C)c1. The van der Waals surface area contributed by atoms with Crippen molar-refractivity contribution in [2.24, 2.45) is 0 Å². The third-order valence-corrected chi connectivity index (χ3v) is 2.29. The zero-order chi connectivity index (χ0) is 11.4. The van der Waals surface area contributed by atoms with Crippen LogP contribution in [0.5, 0.6) is 5.75 Å². The van der Waals surface area contributed by atoms with E-state index in [2.05, 4.69) is 5.32 Å². The molecule has 0 spiro atoms. The molecule has 15 heavy (non-hydrogen) atoms. The molecule has 1 rings (SSSR count). The Labute approximate surface area is 88.9 Å². The number of benzene rings is 1. The standard InChI is InChI=1S/C11H15NO3/c1-7-6-8(4-5-9(7)15-3)10(12-2)11(13)14/h4-6,10,12H,1-3H3,(H,13,14). The van der Waals surface area contributed by atoms with Crippen molar-refractivity contribution in [3.8, 4) is 5.75 Å². The van der Waals surface area contributed by atoms with Crippen molar-refractivity contribution >= 4 is 5.97 Å². The largest absolute Gasteiger partial charge is 0.496 e. The Hall–Kier alpha value is -1.55. The zero-order valence-electron chi connectivity index (χ0n) is 9.07. The van der Waals surface area contributed by atoms with Crippen molar-refractivity contribution in [2.45, 2.75) is 13.0 Å². The van der Waals surface area contributed by atoms with Gasteiger partial charge < -0.3 is 15.2 Å². The van der Waals surface area contributed by atoms with E-state index in [1.807, 2.05) is 13.0 Å². The van der Waals surface area contributed by atoms with Gasteiger partial charge in [0.1, 0.15) is 11.8 Å². The molecule has 0 aliphatic heterocycles. The molecule has 0 aromatic heterocycles. The maximum absolute atomic E-state index is 10.9. The molecule has 1 unspecified atom stereocenters. The molecule has 0 saturated carbocycles. The fourth-order valence-electron chi connectivity index (χ4n) is 1.51. The van der Waals surface area contributed by atoms with E-state index in [1.165, 1.54) is 0 Å². The second-order valence-electron chi connectivity index (χ2n) is 3.29. The molecule has 0 heterocycles. The molecule has 1 aromatic carbocycles. The quantitative estimate of drug-likeness (QED) is 0.785. The van der Waals surface area contributed by atoms with E-state index in [1.54, 1.807) is 26.3 Å². The summed E-state index contributed by atoms with van der Waals surface area (Å²) in [5, 5.41) is 11.7. The van der Waals surface area contributed by atoms with Gasteiger partial charge in [-0.25, -0.2) is 0 Å². The lowest BCUT2D eigenvalue weighted by Crippen LogP contribution is -2.24. The average molecular weight is 209 g/mol. The second kappa shape index (κ2) is 4.79. The van der Waals surface area contributed by atoms with Gasteiger partial charge in [0.15, 0.2) is 0 Å². The van der Waals surface area contributed by atoms with Crippen LogP contribution in [0, 0.1) is 6.92 Å². The van der Waals surface area contributed by atoms with Gasteiger partial charge in [0.05, 0.1) is 7.11 Å². The van der Waals surface area contributed by atoms with Gasteiger partial charge in [-0.05, 0) is 31.2 Å². The topological polar surface area (TPSA) is 58.6 Å². The number of aliphatic carboxylic acids is 1. The fraction of sp³-hybridized carbons (Fsp3) is 0.364. The molecular formula is C11H15NO3. The Morgan fingerprint density at radius 3 is 2.60 bits per heavy atom. The van der Waals surface area contributed by atoms with Crippen LogP contribution in [0.1, 0.15) is 17.2 Å². The van der Waals surface area contributed by atoms with Gasteiger partial charge >= 0.3 is 5.97 Å². The Bertz CT molecular complexity index is 363. The second-order valence-corrected chi connectivity index (χ2v) is 3.29. The van der Waals surface area contributed by atoms with Crippen LogP contribution in [0.3, 0.4) is 0 Å². The number of ether oxygens (including phenoxy) is 1. The molecule has 0 saturated heterocycles. The van der Waals surface area contributed by atoms with Gasteiger partial charge in [0.25, 0.3) is 0 Å². The van der Waals surface area contributed by atoms with Gasteiger partial charge in [-0.1, -0.05) is 12.1 Å². The maximum Gasteiger partial charge on any atom is 0.325 e. The van der Waals surface area contributed by atoms with Crippen LogP contribution >= 0.6 is 0 Å². The minimum absolute atomic E-state index is 0.672. The highest BCUT2D eigenvalue weighted by molar-refractivity contribution is 5.75. The van der Waals surface area contributed by atoms with E-state index in [4.69, 9.17) is 9.84 Å². The Morgan fingerprint density at radius 1 is 1.53 bits per heavy atom. The molecular weight excluding hydrogens is 194 g/mol. The Kier molecular flexibility index (Phi) is 3.68. The molecule has 0 aliphatic carbocycles. The minimum atomic E-state index is -0.887. The van der Waals surface area contributed by atoms with E-state index in [0.29, 0.717) is 0 Å². The zero-order valence-corrected chi connectivity index (χ0v) is 9.07. The number of hydrogen-bond donors (Lipinski definition) is 2. The molecule has 0 fully saturated rings. The fourth-order valence-corrected chi connectivity index (χ4v) is 1.51. The molecule has 1 aromatic rings. The maximum atomic E-state index is 10.9. The number of rotatable bonds is 4. The van der Waals surface area contributed by atoms with E-state index in [-0.39, 0.29) is 0 Å². The highest BCUT2D eigenvalue weighted by Crippen LogP contribution is 2.22. The number of carbonyl (C=O) groups is 1. The van der Waals surface area contributed by atoms with Crippen molar-refractivity contribution in [2.75, 3.05) is 14.2 Å². The summed E-state index contributed by atoms with van der Waals surface area (Å²) in [5.74, 6) is -0.124. The van der Waals surface area contributed by atoms with Crippen LogP contribution in [0.4, 0.5) is 0 Å². The van der Waals surface area contributed by atoms with Crippen molar-refractivity contribution < 1.29 is 14.6 Å². The van der Waals surface area contributed by atoms with E-state index in [9.17, 15) is 4.79 Å². The number of nitrogens with one attached hydrogen (secondary N) is 1. The summed E-state index contributed by atoms with van der Waals surface area (Å²) in [7, 11) is 3.22. The first-order valence-corrected chi connectivity index (χ1v) is 4.64. The molecule has 4 heteroatoms. The lowest BCUT2D eigenvalue weighted by atomic mass is 10.0. The number of aryl methyl sites for hydroxylation is 1.